The van der Waals surface area contributed by atoms with E-state index in [1.807, 2.05) is 43.3 Å². The van der Waals surface area contributed by atoms with Crippen molar-refractivity contribution in [3.8, 4) is 0 Å². The minimum atomic E-state index is -3.01. The SMILES string of the molecule is C[C@H]([NH2+]C(c1ccccc1)c1ccccc1)C(=O)N(C)[C@@H]1CCS(=O)(=O)C1. The summed E-state index contributed by atoms with van der Waals surface area (Å²) in [5.41, 5.74) is 2.27. The molecule has 2 atom stereocenters. The average Bonchev–Trinajstić information content (AvgIpc) is 3.06. The van der Waals surface area contributed by atoms with E-state index in [0.29, 0.717) is 6.42 Å². The predicted octanol–water partition coefficient (Wildman–Crippen LogP) is 1.37. The lowest BCUT2D eigenvalue weighted by atomic mass is 9.97. The minimum Gasteiger partial charge on any atom is -0.337 e. The van der Waals surface area contributed by atoms with Gasteiger partial charge in [0.25, 0.3) is 5.91 Å². The van der Waals surface area contributed by atoms with Crippen molar-refractivity contribution in [2.24, 2.45) is 0 Å². The Hall–Kier alpha value is -2.18. The van der Waals surface area contributed by atoms with Crippen LogP contribution in [0.1, 0.15) is 30.5 Å². The Morgan fingerprint density at radius 2 is 1.56 bits per heavy atom. The number of carbonyl (C=O) groups excluding carboxylic acids is 1. The third-order valence-corrected chi connectivity index (χ3v) is 7.04. The highest BCUT2D eigenvalue weighted by Crippen LogP contribution is 2.19. The first kappa shape index (κ1) is 19.6. The summed E-state index contributed by atoms with van der Waals surface area (Å²) in [6, 6.07) is 19.7. The van der Waals surface area contributed by atoms with Crippen LogP contribution in [0.2, 0.25) is 0 Å². The maximum Gasteiger partial charge on any atom is 0.280 e. The quantitative estimate of drug-likeness (QED) is 0.814. The van der Waals surface area contributed by atoms with Gasteiger partial charge in [0.2, 0.25) is 0 Å². The molecule has 1 aliphatic rings. The van der Waals surface area contributed by atoms with Gasteiger partial charge in [-0.2, -0.15) is 0 Å². The van der Waals surface area contributed by atoms with Gasteiger partial charge in [0.15, 0.2) is 15.9 Å². The van der Waals surface area contributed by atoms with E-state index < -0.39 is 9.84 Å². The van der Waals surface area contributed by atoms with Gasteiger partial charge in [-0.1, -0.05) is 60.7 Å². The molecule has 0 spiro atoms. The minimum absolute atomic E-state index is 0.00654. The summed E-state index contributed by atoms with van der Waals surface area (Å²) < 4.78 is 23.5. The molecule has 1 fully saturated rings. The summed E-state index contributed by atoms with van der Waals surface area (Å²) in [6.45, 7) is 1.89. The smallest absolute Gasteiger partial charge is 0.280 e. The normalized spacial score (nSPS) is 19.7. The van der Waals surface area contributed by atoms with Crippen LogP contribution in [-0.4, -0.2) is 49.9 Å². The van der Waals surface area contributed by atoms with E-state index in [2.05, 4.69) is 29.6 Å². The number of carbonyl (C=O) groups is 1. The Labute approximate surface area is 161 Å². The lowest BCUT2D eigenvalue weighted by Crippen LogP contribution is -2.92. The molecule has 2 aromatic carbocycles. The number of sulfone groups is 1. The van der Waals surface area contributed by atoms with Gasteiger partial charge in [-0.3, -0.25) is 4.79 Å². The van der Waals surface area contributed by atoms with Crippen molar-refractivity contribution in [1.82, 2.24) is 4.90 Å². The fourth-order valence-corrected chi connectivity index (χ4v) is 5.46. The Balaban J connectivity index is 1.76. The second-order valence-corrected chi connectivity index (χ2v) is 9.51. The van der Waals surface area contributed by atoms with Crippen LogP contribution < -0.4 is 5.32 Å². The fourth-order valence-electron chi connectivity index (χ4n) is 3.69. The molecule has 3 rings (SSSR count). The molecule has 1 amide bonds. The lowest BCUT2D eigenvalue weighted by Gasteiger charge is -2.27. The number of likely N-dealkylation sites (N-methyl/N-ethyl adjacent to an activating group) is 1. The molecule has 1 saturated heterocycles. The highest BCUT2D eigenvalue weighted by atomic mass is 32.2. The molecule has 1 aliphatic heterocycles. The van der Waals surface area contributed by atoms with E-state index in [4.69, 9.17) is 0 Å². The Bertz CT molecular complexity index is 829. The first-order valence-corrected chi connectivity index (χ1v) is 11.1. The van der Waals surface area contributed by atoms with Crippen molar-refractivity contribution in [2.45, 2.75) is 31.5 Å². The first-order valence-electron chi connectivity index (χ1n) is 9.29. The van der Waals surface area contributed by atoms with Crippen molar-refractivity contribution in [2.75, 3.05) is 18.6 Å². The zero-order valence-corrected chi connectivity index (χ0v) is 16.6. The molecular weight excluding hydrogens is 360 g/mol. The van der Waals surface area contributed by atoms with E-state index >= 15 is 0 Å². The molecule has 0 bridgehead atoms. The molecule has 2 aromatic rings. The molecular formula is C21H27N2O3S+. The zero-order valence-electron chi connectivity index (χ0n) is 15.8. The highest BCUT2D eigenvalue weighted by molar-refractivity contribution is 7.91. The van der Waals surface area contributed by atoms with Crippen LogP contribution in [0.3, 0.4) is 0 Å². The maximum absolute atomic E-state index is 12.9. The lowest BCUT2D eigenvalue weighted by molar-refractivity contribution is -0.705. The van der Waals surface area contributed by atoms with Crippen LogP contribution in [0.25, 0.3) is 0 Å². The largest absolute Gasteiger partial charge is 0.337 e. The molecule has 2 N–H and O–H groups in total. The third-order valence-electron chi connectivity index (χ3n) is 5.29. The third kappa shape index (κ3) is 4.76. The van der Waals surface area contributed by atoms with E-state index in [0.717, 1.165) is 11.1 Å². The van der Waals surface area contributed by atoms with Crippen LogP contribution in [0.4, 0.5) is 0 Å². The van der Waals surface area contributed by atoms with E-state index in [-0.39, 0.29) is 35.5 Å². The fraction of sp³-hybridized carbons (Fsp3) is 0.381. The average molecular weight is 388 g/mol. The number of nitrogens with zero attached hydrogens (tertiary/aromatic N) is 1. The van der Waals surface area contributed by atoms with Crippen LogP contribution in [0, 0.1) is 0 Å². The summed E-state index contributed by atoms with van der Waals surface area (Å²) in [5, 5.41) is 2.06. The second-order valence-electron chi connectivity index (χ2n) is 7.29. The monoisotopic (exact) mass is 387 g/mol. The number of benzene rings is 2. The van der Waals surface area contributed by atoms with Gasteiger partial charge < -0.3 is 10.2 Å². The predicted molar refractivity (Wildman–Crippen MR) is 106 cm³/mol. The standard InChI is InChI=1S/C21H26N2O3S/c1-16(21(24)23(2)19-13-14-27(25,26)15-19)22-20(17-9-5-3-6-10-17)18-11-7-4-8-12-18/h3-12,16,19-20,22H,13-15H2,1-2H3/p+1/t16-,19+/m0/s1. The first-order chi connectivity index (χ1) is 12.9. The van der Waals surface area contributed by atoms with Gasteiger partial charge >= 0.3 is 0 Å². The van der Waals surface area contributed by atoms with Crippen LogP contribution >= 0.6 is 0 Å². The number of hydrogen-bond acceptors (Lipinski definition) is 3. The molecule has 0 radical (unpaired) electrons. The molecule has 0 saturated carbocycles. The van der Waals surface area contributed by atoms with Gasteiger partial charge in [-0.05, 0) is 13.3 Å². The van der Waals surface area contributed by atoms with E-state index in [9.17, 15) is 13.2 Å². The topological polar surface area (TPSA) is 71.1 Å². The number of nitrogens with two attached hydrogens (primary N) is 1. The number of quaternary nitrogens is 1. The van der Waals surface area contributed by atoms with Crippen LogP contribution in [0.15, 0.2) is 60.7 Å². The zero-order chi connectivity index (χ0) is 19.4. The number of hydrogen-bond donors (Lipinski definition) is 1. The molecule has 0 unspecified atom stereocenters. The summed E-state index contributed by atoms with van der Waals surface area (Å²) in [7, 11) is -1.29. The van der Waals surface area contributed by atoms with Gasteiger partial charge in [0.1, 0.15) is 6.04 Å². The molecule has 1 heterocycles. The molecule has 0 aliphatic carbocycles. The van der Waals surface area contributed by atoms with Crippen molar-refractivity contribution >= 4 is 15.7 Å². The van der Waals surface area contributed by atoms with Crippen LogP contribution in [-0.2, 0) is 14.6 Å². The van der Waals surface area contributed by atoms with Crippen molar-refractivity contribution in [1.29, 1.82) is 0 Å². The summed E-state index contributed by atoms with van der Waals surface area (Å²) in [4.78, 5) is 14.6. The second kappa shape index (κ2) is 8.23. The van der Waals surface area contributed by atoms with Crippen molar-refractivity contribution < 1.29 is 18.5 Å². The van der Waals surface area contributed by atoms with E-state index in [1.54, 1.807) is 11.9 Å². The summed E-state index contributed by atoms with van der Waals surface area (Å²) in [6.07, 6.45) is 0.526. The maximum atomic E-state index is 12.9. The van der Waals surface area contributed by atoms with Crippen molar-refractivity contribution in [3.63, 3.8) is 0 Å². The molecule has 0 aromatic heterocycles. The summed E-state index contributed by atoms with van der Waals surface area (Å²) >= 11 is 0. The Morgan fingerprint density at radius 1 is 1.04 bits per heavy atom. The van der Waals surface area contributed by atoms with E-state index in [1.165, 1.54) is 0 Å². The molecule has 6 heteroatoms. The summed E-state index contributed by atoms with van der Waals surface area (Å²) in [5.74, 6) is 0.209. The number of amides is 1. The molecule has 27 heavy (non-hydrogen) atoms. The Kier molecular flexibility index (Phi) is 5.97. The Morgan fingerprint density at radius 3 is 2.00 bits per heavy atom. The number of rotatable bonds is 6. The van der Waals surface area contributed by atoms with Gasteiger partial charge in [0.05, 0.1) is 11.5 Å². The van der Waals surface area contributed by atoms with Gasteiger partial charge in [-0.15, -0.1) is 0 Å². The molecule has 5 nitrogen and oxygen atoms in total. The van der Waals surface area contributed by atoms with Gasteiger partial charge in [-0.25, -0.2) is 8.42 Å². The molecule has 144 valence electrons. The van der Waals surface area contributed by atoms with Crippen LogP contribution in [0.5, 0.6) is 0 Å². The van der Waals surface area contributed by atoms with Gasteiger partial charge in [0, 0.05) is 24.2 Å². The highest BCUT2D eigenvalue weighted by Gasteiger charge is 2.35. The van der Waals surface area contributed by atoms with Crippen molar-refractivity contribution in [3.05, 3.63) is 71.8 Å².